The standard InChI is InChI=1S/C16H20N4O2/c1-20-10-13(14(19-20)12-6-3-2-4-7-12)18-15(21)17-11-16(22)8-5-9-16/h2-4,6-7,10,22H,5,8-9,11H2,1H3,(H2,17,18,21). The third-order valence-electron chi connectivity index (χ3n) is 3.99. The number of amides is 2. The zero-order valence-electron chi connectivity index (χ0n) is 12.5. The fraction of sp³-hybridized carbons (Fsp3) is 0.375. The van der Waals surface area contributed by atoms with Gasteiger partial charge in [0.2, 0.25) is 0 Å². The van der Waals surface area contributed by atoms with Crippen molar-refractivity contribution in [1.29, 1.82) is 0 Å². The lowest BCUT2D eigenvalue weighted by molar-refractivity contribution is -0.0287. The van der Waals surface area contributed by atoms with Crippen molar-refractivity contribution < 1.29 is 9.90 Å². The van der Waals surface area contributed by atoms with E-state index in [1.54, 1.807) is 10.9 Å². The first-order chi connectivity index (χ1) is 10.6. The van der Waals surface area contributed by atoms with Crippen LogP contribution in [-0.4, -0.2) is 33.1 Å². The van der Waals surface area contributed by atoms with Gasteiger partial charge in [-0.2, -0.15) is 5.10 Å². The van der Waals surface area contributed by atoms with Crippen LogP contribution in [0, 0.1) is 0 Å². The van der Waals surface area contributed by atoms with E-state index in [0.717, 1.165) is 30.5 Å². The number of carbonyl (C=O) groups is 1. The SMILES string of the molecule is Cn1cc(NC(=O)NCC2(O)CCC2)c(-c2ccccc2)n1. The maximum atomic E-state index is 12.0. The zero-order valence-corrected chi connectivity index (χ0v) is 12.5. The molecule has 1 saturated carbocycles. The van der Waals surface area contributed by atoms with Crippen LogP contribution in [0.25, 0.3) is 11.3 Å². The molecule has 1 aromatic carbocycles. The molecule has 3 rings (SSSR count). The third kappa shape index (κ3) is 3.12. The molecule has 3 N–H and O–H groups in total. The summed E-state index contributed by atoms with van der Waals surface area (Å²) in [6.45, 7) is 0.278. The number of nitrogens with zero attached hydrogens (tertiary/aromatic N) is 2. The van der Waals surface area contributed by atoms with E-state index >= 15 is 0 Å². The molecule has 2 amide bonds. The van der Waals surface area contributed by atoms with Crippen molar-refractivity contribution in [3.8, 4) is 11.3 Å². The van der Waals surface area contributed by atoms with Gasteiger partial charge in [0.15, 0.2) is 0 Å². The minimum atomic E-state index is -0.728. The van der Waals surface area contributed by atoms with Gasteiger partial charge < -0.3 is 15.7 Å². The fourth-order valence-corrected chi connectivity index (χ4v) is 2.56. The van der Waals surface area contributed by atoms with Crippen LogP contribution in [0.2, 0.25) is 0 Å². The van der Waals surface area contributed by atoms with Crippen molar-refractivity contribution in [3.63, 3.8) is 0 Å². The van der Waals surface area contributed by atoms with Gasteiger partial charge >= 0.3 is 6.03 Å². The summed E-state index contributed by atoms with van der Waals surface area (Å²) in [5.74, 6) is 0. The summed E-state index contributed by atoms with van der Waals surface area (Å²) < 4.78 is 1.66. The normalized spacial score (nSPS) is 15.9. The summed E-state index contributed by atoms with van der Waals surface area (Å²) in [6, 6.07) is 9.36. The molecule has 6 nitrogen and oxygen atoms in total. The molecule has 0 unspecified atom stereocenters. The second-order valence-corrected chi connectivity index (χ2v) is 5.82. The number of rotatable bonds is 4. The smallest absolute Gasteiger partial charge is 0.319 e. The van der Waals surface area contributed by atoms with Gasteiger partial charge in [0, 0.05) is 25.4 Å². The number of anilines is 1. The summed E-state index contributed by atoms with van der Waals surface area (Å²) >= 11 is 0. The molecule has 2 aromatic rings. The monoisotopic (exact) mass is 300 g/mol. The maximum Gasteiger partial charge on any atom is 0.319 e. The zero-order chi connectivity index (χ0) is 15.6. The van der Waals surface area contributed by atoms with E-state index in [4.69, 9.17) is 0 Å². The number of aromatic nitrogens is 2. The second kappa shape index (κ2) is 5.81. The molecule has 0 atom stereocenters. The number of carbonyl (C=O) groups excluding carboxylic acids is 1. The number of nitrogens with one attached hydrogen (secondary N) is 2. The number of aliphatic hydroxyl groups is 1. The van der Waals surface area contributed by atoms with E-state index in [0.29, 0.717) is 5.69 Å². The second-order valence-electron chi connectivity index (χ2n) is 5.82. The first kappa shape index (κ1) is 14.6. The Labute approximate surface area is 129 Å². The van der Waals surface area contributed by atoms with Crippen LogP contribution >= 0.6 is 0 Å². The highest BCUT2D eigenvalue weighted by Crippen LogP contribution is 2.30. The van der Waals surface area contributed by atoms with Crippen LogP contribution < -0.4 is 10.6 Å². The van der Waals surface area contributed by atoms with Crippen LogP contribution in [0.3, 0.4) is 0 Å². The van der Waals surface area contributed by atoms with Gasteiger partial charge in [0.25, 0.3) is 0 Å². The molecule has 0 aliphatic heterocycles. The fourth-order valence-electron chi connectivity index (χ4n) is 2.56. The van der Waals surface area contributed by atoms with Crippen molar-refractivity contribution >= 4 is 11.7 Å². The van der Waals surface area contributed by atoms with E-state index < -0.39 is 5.60 Å². The van der Waals surface area contributed by atoms with Crippen LogP contribution in [0.1, 0.15) is 19.3 Å². The number of urea groups is 1. The third-order valence-corrected chi connectivity index (χ3v) is 3.99. The summed E-state index contributed by atoms with van der Waals surface area (Å²) in [7, 11) is 1.81. The Morgan fingerprint density at radius 2 is 2.09 bits per heavy atom. The van der Waals surface area contributed by atoms with E-state index in [9.17, 15) is 9.90 Å². The Balaban J connectivity index is 1.68. The number of hydrogen-bond acceptors (Lipinski definition) is 3. The average Bonchev–Trinajstić information content (AvgIpc) is 2.84. The molecule has 1 aromatic heterocycles. The average molecular weight is 300 g/mol. The lowest BCUT2D eigenvalue weighted by Gasteiger charge is -2.36. The predicted molar refractivity (Wildman–Crippen MR) is 84.5 cm³/mol. The van der Waals surface area contributed by atoms with Gasteiger partial charge in [0.05, 0.1) is 11.3 Å². The van der Waals surface area contributed by atoms with Crippen LogP contribution in [-0.2, 0) is 7.05 Å². The van der Waals surface area contributed by atoms with E-state index in [1.165, 1.54) is 0 Å². The topological polar surface area (TPSA) is 79.2 Å². The molecule has 22 heavy (non-hydrogen) atoms. The minimum Gasteiger partial charge on any atom is -0.388 e. The molecule has 6 heteroatoms. The highest BCUT2D eigenvalue weighted by molar-refractivity contribution is 5.93. The van der Waals surface area contributed by atoms with Crippen molar-refractivity contribution in [2.75, 3.05) is 11.9 Å². The largest absolute Gasteiger partial charge is 0.388 e. The predicted octanol–water partition coefficient (Wildman–Crippen LogP) is 2.12. The first-order valence-electron chi connectivity index (χ1n) is 7.42. The quantitative estimate of drug-likeness (QED) is 0.809. The van der Waals surface area contributed by atoms with Crippen molar-refractivity contribution in [2.45, 2.75) is 24.9 Å². The van der Waals surface area contributed by atoms with E-state index in [1.807, 2.05) is 37.4 Å². The summed E-state index contributed by atoms with van der Waals surface area (Å²) in [4.78, 5) is 12.0. The van der Waals surface area contributed by atoms with E-state index in [2.05, 4.69) is 15.7 Å². The van der Waals surface area contributed by atoms with E-state index in [-0.39, 0.29) is 12.6 Å². The van der Waals surface area contributed by atoms with Gasteiger partial charge in [-0.3, -0.25) is 4.68 Å². The summed E-state index contributed by atoms with van der Waals surface area (Å²) in [6.07, 6.45) is 4.27. The number of hydrogen-bond donors (Lipinski definition) is 3. The Morgan fingerprint density at radius 3 is 2.73 bits per heavy atom. The molecule has 0 saturated heterocycles. The van der Waals surface area contributed by atoms with Crippen LogP contribution in [0.15, 0.2) is 36.5 Å². The molecule has 1 aliphatic rings. The molecule has 0 radical (unpaired) electrons. The van der Waals surface area contributed by atoms with Gasteiger partial charge in [0.1, 0.15) is 5.69 Å². The molecule has 1 aliphatic carbocycles. The Hall–Kier alpha value is -2.34. The minimum absolute atomic E-state index is 0.278. The van der Waals surface area contributed by atoms with Crippen molar-refractivity contribution in [1.82, 2.24) is 15.1 Å². The Bertz CT molecular complexity index is 662. The van der Waals surface area contributed by atoms with Gasteiger partial charge in [-0.1, -0.05) is 30.3 Å². The molecule has 1 heterocycles. The lowest BCUT2D eigenvalue weighted by Crippen LogP contribution is -2.48. The molecule has 116 valence electrons. The number of benzene rings is 1. The molecular formula is C16H20N4O2. The summed E-state index contributed by atoms with van der Waals surface area (Å²) in [5, 5.41) is 19.9. The maximum absolute atomic E-state index is 12.0. The highest BCUT2D eigenvalue weighted by Gasteiger charge is 2.34. The van der Waals surface area contributed by atoms with Crippen LogP contribution in [0.5, 0.6) is 0 Å². The summed E-state index contributed by atoms with van der Waals surface area (Å²) in [5.41, 5.74) is 1.58. The number of aryl methyl sites for hydroxylation is 1. The van der Waals surface area contributed by atoms with Gasteiger partial charge in [-0.25, -0.2) is 4.79 Å². The van der Waals surface area contributed by atoms with Crippen molar-refractivity contribution in [2.24, 2.45) is 7.05 Å². The lowest BCUT2D eigenvalue weighted by atomic mass is 9.80. The Kier molecular flexibility index (Phi) is 3.85. The molecular weight excluding hydrogens is 280 g/mol. The molecule has 1 fully saturated rings. The Morgan fingerprint density at radius 1 is 1.36 bits per heavy atom. The first-order valence-corrected chi connectivity index (χ1v) is 7.42. The van der Waals surface area contributed by atoms with Crippen LogP contribution in [0.4, 0.5) is 10.5 Å². The molecule has 0 spiro atoms. The molecule has 0 bridgehead atoms. The highest BCUT2D eigenvalue weighted by atomic mass is 16.3. The van der Waals surface area contributed by atoms with Gasteiger partial charge in [-0.15, -0.1) is 0 Å². The van der Waals surface area contributed by atoms with Gasteiger partial charge in [-0.05, 0) is 19.3 Å². The van der Waals surface area contributed by atoms with Crippen molar-refractivity contribution in [3.05, 3.63) is 36.5 Å².